The first-order chi connectivity index (χ1) is 9.99. The van der Waals surface area contributed by atoms with Gasteiger partial charge in [0.05, 0.1) is 6.04 Å². The van der Waals surface area contributed by atoms with E-state index in [-0.39, 0.29) is 30.7 Å². The van der Waals surface area contributed by atoms with Crippen molar-refractivity contribution in [3.8, 4) is 0 Å². The summed E-state index contributed by atoms with van der Waals surface area (Å²) in [5.41, 5.74) is -0.844. The molecule has 0 spiro atoms. The highest BCUT2D eigenvalue weighted by Gasteiger charge is 2.59. The Bertz CT molecular complexity index is 562. The number of hydrogen-bond acceptors (Lipinski definition) is 1. The highest BCUT2D eigenvalue weighted by Crippen LogP contribution is 2.52. The lowest BCUT2D eigenvalue weighted by molar-refractivity contribution is -0.146. The second-order valence-corrected chi connectivity index (χ2v) is 6.03. The van der Waals surface area contributed by atoms with Gasteiger partial charge >= 0.3 is 0 Å². The SMILES string of the molecule is CCC1(C(F)F)C[C@@H]2CC[C@H](c3cccc(F)c3)N2C1=O. The molecule has 0 aliphatic carbocycles. The summed E-state index contributed by atoms with van der Waals surface area (Å²) in [4.78, 5) is 14.2. The molecule has 0 N–H and O–H groups in total. The first-order valence-corrected chi connectivity index (χ1v) is 7.36. The van der Waals surface area contributed by atoms with Crippen LogP contribution < -0.4 is 0 Å². The molecular weight excluding hydrogens is 279 g/mol. The lowest BCUT2D eigenvalue weighted by Crippen LogP contribution is -2.40. The summed E-state index contributed by atoms with van der Waals surface area (Å²) in [5.74, 6) is -0.824. The van der Waals surface area contributed by atoms with E-state index in [1.54, 1.807) is 24.0 Å². The van der Waals surface area contributed by atoms with Gasteiger partial charge in [-0.3, -0.25) is 4.79 Å². The standard InChI is InChI=1S/C16H18F3NO/c1-2-16(14(18)19)9-12-6-7-13(20(12)15(16)21)10-4-3-5-11(17)8-10/h3-5,8,12-14H,2,6-7,9H2,1H3/t12-,13+,16?/m0/s1. The molecule has 2 nitrogen and oxygen atoms in total. The molecule has 3 atom stereocenters. The number of amides is 1. The second-order valence-electron chi connectivity index (χ2n) is 6.03. The van der Waals surface area contributed by atoms with E-state index >= 15 is 0 Å². The van der Waals surface area contributed by atoms with Gasteiger partial charge in [0.15, 0.2) is 0 Å². The highest BCUT2D eigenvalue weighted by atomic mass is 19.3. The van der Waals surface area contributed by atoms with Crippen molar-refractivity contribution in [3.63, 3.8) is 0 Å². The predicted molar refractivity (Wildman–Crippen MR) is 72.4 cm³/mol. The number of benzene rings is 1. The van der Waals surface area contributed by atoms with Crippen LogP contribution >= 0.6 is 0 Å². The van der Waals surface area contributed by atoms with Crippen molar-refractivity contribution in [2.75, 3.05) is 0 Å². The predicted octanol–water partition coefficient (Wildman–Crippen LogP) is 3.92. The number of carbonyl (C=O) groups is 1. The van der Waals surface area contributed by atoms with E-state index in [1.807, 2.05) is 0 Å². The van der Waals surface area contributed by atoms with Crippen LogP contribution in [0.4, 0.5) is 13.2 Å². The van der Waals surface area contributed by atoms with E-state index in [9.17, 15) is 18.0 Å². The van der Waals surface area contributed by atoms with Gasteiger partial charge < -0.3 is 4.90 Å². The third-order valence-electron chi connectivity index (χ3n) is 5.04. The fourth-order valence-corrected chi connectivity index (χ4v) is 3.83. The fourth-order valence-electron chi connectivity index (χ4n) is 3.83. The van der Waals surface area contributed by atoms with E-state index in [4.69, 9.17) is 0 Å². The highest BCUT2D eigenvalue weighted by molar-refractivity contribution is 5.86. The Morgan fingerprint density at radius 3 is 2.76 bits per heavy atom. The summed E-state index contributed by atoms with van der Waals surface area (Å²) >= 11 is 0. The van der Waals surface area contributed by atoms with Gasteiger partial charge in [0, 0.05) is 6.04 Å². The molecule has 114 valence electrons. The number of nitrogens with zero attached hydrogens (tertiary/aromatic N) is 1. The summed E-state index contributed by atoms with van der Waals surface area (Å²) in [5, 5.41) is 0. The first-order valence-electron chi connectivity index (χ1n) is 7.36. The zero-order valence-electron chi connectivity index (χ0n) is 11.9. The second kappa shape index (κ2) is 5.04. The van der Waals surface area contributed by atoms with Crippen molar-refractivity contribution in [1.82, 2.24) is 4.90 Å². The van der Waals surface area contributed by atoms with Crippen LogP contribution in [0.1, 0.15) is 44.2 Å². The molecule has 2 aliphatic heterocycles. The molecule has 2 heterocycles. The molecule has 2 fully saturated rings. The minimum Gasteiger partial charge on any atom is -0.332 e. The zero-order chi connectivity index (χ0) is 15.2. The Hall–Kier alpha value is -1.52. The summed E-state index contributed by atoms with van der Waals surface area (Å²) in [6.07, 6.45) is -0.864. The molecule has 1 aromatic rings. The van der Waals surface area contributed by atoms with Gasteiger partial charge in [-0.05, 0) is 43.4 Å². The zero-order valence-corrected chi connectivity index (χ0v) is 11.9. The molecule has 0 bridgehead atoms. The van der Waals surface area contributed by atoms with Gasteiger partial charge in [-0.1, -0.05) is 19.1 Å². The molecule has 21 heavy (non-hydrogen) atoms. The molecular formula is C16H18F3NO. The molecule has 2 aliphatic rings. The molecule has 5 heteroatoms. The number of fused-ring (bicyclic) bond motifs is 1. The Balaban J connectivity index is 1.94. The number of hydrogen-bond donors (Lipinski definition) is 0. The van der Waals surface area contributed by atoms with Crippen LogP contribution in [0.2, 0.25) is 0 Å². The van der Waals surface area contributed by atoms with E-state index in [0.717, 1.165) is 0 Å². The number of alkyl halides is 2. The minimum absolute atomic E-state index is 0.139. The smallest absolute Gasteiger partial charge is 0.252 e. The fraction of sp³-hybridized carbons (Fsp3) is 0.562. The average molecular weight is 297 g/mol. The third kappa shape index (κ3) is 2.05. The van der Waals surface area contributed by atoms with E-state index in [1.165, 1.54) is 12.1 Å². The third-order valence-corrected chi connectivity index (χ3v) is 5.04. The van der Waals surface area contributed by atoms with Gasteiger partial charge in [0.1, 0.15) is 11.2 Å². The molecule has 1 aromatic carbocycles. The van der Waals surface area contributed by atoms with Crippen LogP contribution in [0, 0.1) is 11.2 Å². The van der Waals surface area contributed by atoms with Crippen molar-refractivity contribution in [3.05, 3.63) is 35.6 Å². The van der Waals surface area contributed by atoms with Crippen molar-refractivity contribution >= 4 is 5.91 Å². The van der Waals surface area contributed by atoms with Crippen LogP contribution in [-0.2, 0) is 4.79 Å². The van der Waals surface area contributed by atoms with Gasteiger partial charge in [-0.15, -0.1) is 0 Å². The number of carbonyl (C=O) groups excluding carboxylic acids is 1. The lowest BCUT2D eigenvalue weighted by atomic mass is 9.81. The van der Waals surface area contributed by atoms with Crippen molar-refractivity contribution in [2.45, 2.75) is 51.1 Å². The molecule has 1 amide bonds. The van der Waals surface area contributed by atoms with Crippen molar-refractivity contribution in [2.24, 2.45) is 5.41 Å². The van der Waals surface area contributed by atoms with Crippen molar-refractivity contribution in [1.29, 1.82) is 0 Å². The largest absolute Gasteiger partial charge is 0.332 e. The molecule has 1 unspecified atom stereocenters. The maximum atomic E-state index is 13.4. The molecule has 0 saturated carbocycles. The Morgan fingerprint density at radius 2 is 2.14 bits per heavy atom. The number of rotatable bonds is 3. The maximum Gasteiger partial charge on any atom is 0.252 e. The van der Waals surface area contributed by atoms with E-state index in [2.05, 4.69) is 0 Å². The topological polar surface area (TPSA) is 20.3 Å². The van der Waals surface area contributed by atoms with Crippen LogP contribution in [-0.4, -0.2) is 23.3 Å². The number of halogens is 3. The quantitative estimate of drug-likeness (QED) is 0.828. The van der Waals surface area contributed by atoms with Crippen LogP contribution in [0.5, 0.6) is 0 Å². The molecule has 0 aromatic heterocycles. The van der Waals surface area contributed by atoms with Crippen molar-refractivity contribution < 1.29 is 18.0 Å². The van der Waals surface area contributed by atoms with Crippen LogP contribution in [0.3, 0.4) is 0 Å². The summed E-state index contributed by atoms with van der Waals surface area (Å²) in [6, 6.07) is 5.69. The van der Waals surface area contributed by atoms with E-state index < -0.39 is 17.7 Å². The van der Waals surface area contributed by atoms with Gasteiger partial charge in [0.25, 0.3) is 6.43 Å². The van der Waals surface area contributed by atoms with Crippen LogP contribution in [0.15, 0.2) is 24.3 Å². The Labute approximate surface area is 121 Å². The monoisotopic (exact) mass is 297 g/mol. The summed E-state index contributed by atoms with van der Waals surface area (Å²) in [6.45, 7) is 1.64. The van der Waals surface area contributed by atoms with Crippen LogP contribution in [0.25, 0.3) is 0 Å². The normalized spacial score (nSPS) is 32.0. The van der Waals surface area contributed by atoms with E-state index in [0.29, 0.717) is 18.4 Å². The maximum absolute atomic E-state index is 13.4. The minimum atomic E-state index is -2.64. The Morgan fingerprint density at radius 1 is 1.38 bits per heavy atom. The average Bonchev–Trinajstić information content (AvgIpc) is 2.98. The lowest BCUT2D eigenvalue weighted by Gasteiger charge is -2.29. The summed E-state index contributed by atoms with van der Waals surface area (Å²) < 4.78 is 40.3. The first kappa shape index (κ1) is 14.4. The molecule has 0 radical (unpaired) electrons. The molecule has 2 saturated heterocycles. The van der Waals surface area contributed by atoms with Gasteiger partial charge in [0.2, 0.25) is 5.91 Å². The van der Waals surface area contributed by atoms with Gasteiger partial charge in [-0.2, -0.15) is 0 Å². The molecule has 3 rings (SSSR count). The van der Waals surface area contributed by atoms with Gasteiger partial charge in [-0.25, -0.2) is 13.2 Å². The Kier molecular flexibility index (Phi) is 3.46. The summed E-state index contributed by atoms with van der Waals surface area (Å²) in [7, 11) is 0.